The highest BCUT2D eigenvalue weighted by atomic mass is 14.6. The average Bonchev–Trinajstić information content (AvgIpc) is 2.03. The van der Waals surface area contributed by atoms with Gasteiger partial charge in [0.25, 0.3) is 0 Å². The second-order valence-corrected chi connectivity index (χ2v) is 4.87. The van der Waals surface area contributed by atoms with E-state index in [9.17, 15) is 0 Å². The molecule has 0 aromatic heterocycles. The molecule has 1 rings (SSSR count). The summed E-state index contributed by atoms with van der Waals surface area (Å²) in [7, 11) is 0. The van der Waals surface area contributed by atoms with Gasteiger partial charge in [0, 0.05) is 6.04 Å². The van der Waals surface area contributed by atoms with Crippen LogP contribution < -0.4 is 5.73 Å². The Morgan fingerprint density at radius 1 is 1.31 bits per heavy atom. The Hall–Kier alpha value is -0.300. The van der Waals surface area contributed by atoms with Crippen LogP contribution in [0.2, 0.25) is 0 Å². The molecule has 0 spiro atoms. The quantitative estimate of drug-likeness (QED) is 0.666. The number of rotatable bonds is 3. The van der Waals surface area contributed by atoms with Crippen molar-refractivity contribution in [2.24, 2.45) is 23.5 Å². The molecule has 76 valence electrons. The molecule has 13 heavy (non-hydrogen) atoms. The van der Waals surface area contributed by atoms with Crippen molar-refractivity contribution >= 4 is 0 Å². The zero-order chi connectivity index (χ0) is 9.84. The van der Waals surface area contributed by atoms with Gasteiger partial charge in [-0.25, -0.2) is 0 Å². The van der Waals surface area contributed by atoms with Gasteiger partial charge >= 0.3 is 0 Å². The Bertz CT molecular complexity index is 155. The molecule has 0 aromatic carbocycles. The van der Waals surface area contributed by atoms with E-state index in [0.29, 0.717) is 6.04 Å². The summed E-state index contributed by atoms with van der Waals surface area (Å²) < 4.78 is 0. The van der Waals surface area contributed by atoms with Crippen LogP contribution in [0.5, 0.6) is 0 Å². The zero-order valence-corrected chi connectivity index (χ0v) is 9.00. The summed E-state index contributed by atoms with van der Waals surface area (Å²) in [6, 6.07) is 0.350. The molecule has 0 aromatic rings. The Balaban J connectivity index is 2.44. The first-order chi connectivity index (χ1) is 6.13. The minimum Gasteiger partial charge on any atom is -0.327 e. The molecule has 0 heterocycles. The third-order valence-corrected chi connectivity index (χ3v) is 3.26. The van der Waals surface area contributed by atoms with E-state index in [1.165, 1.54) is 19.3 Å². The molecule has 1 aliphatic rings. The lowest BCUT2D eigenvalue weighted by Gasteiger charge is -2.34. The summed E-state index contributed by atoms with van der Waals surface area (Å²) in [6.07, 6.45) is 6.95. The monoisotopic (exact) mass is 181 g/mol. The van der Waals surface area contributed by atoms with Crippen LogP contribution in [0.3, 0.4) is 0 Å². The van der Waals surface area contributed by atoms with Gasteiger partial charge in [0.2, 0.25) is 0 Å². The molecule has 0 radical (unpaired) electrons. The molecule has 0 bridgehead atoms. The molecule has 0 amide bonds. The maximum Gasteiger partial charge on any atom is 0.0102 e. The lowest BCUT2D eigenvalue weighted by molar-refractivity contribution is 0.193. The minimum atomic E-state index is 0.350. The Labute approximate surface area is 82.4 Å². The van der Waals surface area contributed by atoms with E-state index in [1.807, 2.05) is 6.08 Å². The normalized spacial score (nSPS) is 37.0. The van der Waals surface area contributed by atoms with Crippen LogP contribution in [0.25, 0.3) is 0 Å². The van der Waals surface area contributed by atoms with Gasteiger partial charge in [-0.15, -0.1) is 6.58 Å². The van der Waals surface area contributed by atoms with E-state index in [2.05, 4.69) is 20.4 Å². The summed E-state index contributed by atoms with van der Waals surface area (Å²) >= 11 is 0. The van der Waals surface area contributed by atoms with Crippen LogP contribution in [0.15, 0.2) is 12.7 Å². The largest absolute Gasteiger partial charge is 0.327 e. The highest BCUT2D eigenvalue weighted by molar-refractivity contribution is 4.85. The van der Waals surface area contributed by atoms with E-state index in [0.717, 1.165) is 24.2 Å². The van der Waals surface area contributed by atoms with Gasteiger partial charge in [-0.05, 0) is 43.4 Å². The van der Waals surface area contributed by atoms with Crippen molar-refractivity contribution < 1.29 is 0 Å². The topological polar surface area (TPSA) is 26.0 Å². The van der Waals surface area contributed by atoms with Gasteiger partial charge in [0.1, 0.15) is 0 Å². The summed E-state index contributed by atoms with van der Waals surface area (Å²) in [5, 5.41) is 0. The molecule has 1 heteroatoms. The molecule has 1 fully saturated rings. The SMILES string of the molecule is C=CCC(N)C1CC(C)CC(C)C1. The lowest BCUT2D eigenvalue weighted by Crippen LogP contribution is -2.35. The predicted molar refractivity (Wildman–Crippen MR) is 58.5 cm³/mol. The molecule has 0 saturated heterocycles. The molecule has 1 saturated carbocycles. The maximum absolute atomic E-state index is 6.11. The van der Waals surface area contributed by atoms with E-state index in [1.54, 1.807) is 0 Å². The number of hydrogen-bond donors (Lipinski definition) is 1. The number of hydrogen-bond acceptors (Lipinski definition) is 1. The highest BCUT2D eigenvalue weighted by Crippen LogP contribution is 2.34. The molecule has 0 aliphatic heterocycles. The second kappa shape index (κ2) is 4.80. The van der Waals surface area contributed by atoms with Crippen molar-refractivity contribution in [3.05, 3.63) is 12.7 Å². The zero-order valence-electron chi connectivity index (χ0n) is 9.00. The Morgan fingerprint density at radius 3 is 2.31 bits per heavy atom. The van der Waals surface area contributed by atoms with Crippen molar-refractivity contribution in [2.75, 3.05) is 0 Å². The molecule has 2 N–H and O–H groups in total. The first-order valence-electron chi connectivity index (χ1n) is 5.50. The fourth-order valence-corrected chi connectivity index (χ4v) is 2.74. The third kappa shape index (κ3) is 3.15. The van der Waals surface area contributed by atoms with Crippen molar-refractivity contribution in [3.63, 3.8) is 0 Å². The summed E-state index contributed by atoms with van der Waals surface area (Å²) in [5.74, 6) is 2.46. The van der Waals surface area contributed by atoms with E-state index in [-0.39, 0.29) is 0 Å². The third-order valence-electron chi connectivity index (χ3n) is 3.26. The van der Waals surface area contributed by atoms with Gasteiger partial charge in [0.05, 0.1) is 0 Å². The highest BCUT2D eigenvalue weighted by Gasteiger charge is 2.27. The van der Waals surface area contributed by atoms with Gasteiger partial charge in [-0.2, -0.15) is 0 Å². The van der Waals surface area contributed by atoms with Gasteiger partial charge in [-0.1, -0.05) is 19.9 Å². The van der Waals surface area contributed by atoms with E-state index in [4.69, 9.17) is 5.73 Å². The second-order valence-electron chi connectivity index (χ2n) is 4.87. The average molecular weight is 181 g/mol. The Kier molecular flexibility index (Phi) is 3.98. The van der Waals surface area contributed by atoms with Crippen molar-refractivity contribution in [1.82, 2.24) is 0 Å². The van der Waals surface area contributed by atoms with Gasteiger partial charge in [0.15, 0.2) is 0 Å². The predicted octanol–water partition coefficient (Wildman–Crippen LogP) is 2.96. The summed E-state index contributed by atoms with van der Waals surface area (Å²) in [6.45, 7) is 8.45. The Morgan fingerprint density at radius 2 is 1.85 bits per heavy atom. The smallest absolute Gasteiger partial charge is 0.0102 e. The molecular formula is C12H23N. The van der Waals surface area contributed by atoms with Gasteiger partial charge < -0.3 is 5.73 Å². The van der Waals surface area contributed by atoms with E-state index >= 15 is 0 Å². The van der Waals surface area contributed by atoms with Gasteiger partial charge in [-0.3, -0.25) is 0 Å². The first-order valence-corrected chi connectivity index (χ1v) is 5.50. The molecule has 1 aliphatic carbocycles. The van der Waals surface area contributed by atoms with Crippen molar-refractivity contribution in [3.8, 4) is 0 Å². The lowest BCUT2D eigenvalue weighted by atomic mass is 9.73. The standard InChI is InChI=1S/C12H23N/c1-4-5-12(13)11-7-9(2)6-10(3)8-11/h4,9-12H,1,5-8,13H2,2-3H3. The minimum absolute atomic E-state index is 0.350. The van der Waals surface area contributed by atoms with E-state index < -0.39 is 0 Å². The van der Waals surface area contributed by atoms with Crippen LogP contribution in [0.1, 0.15) is 39.5 Å². The molecule has 3 atom stereocenters. The molecule has 3 unspecified atom stereocenters. The molecule has 1 nitrogen and oxygen atoms in total. The van der Waals surface area contributed by atoms with Crippen molar-refractivity contribution in [1.29, 1.82) is 0 Å². The van der Waals surface area contributed by atoms with Crippen molar-refractivity contribution in [2.45, 2.75) is 45.6 Å². The summed E-state index contributed by atoms with van der Waals surface area (Å²) in [5.41, 5.74) is 6.11. The van der Waals surface area contributed by atoms with Crippen LogP contribution in [-0.2, 0) is 0 Å². The van der Waals surface area contributed by atoms with Crippen LogP contribution in [0.4, 0.5) is 0 Å². The van der Waals surface area contributed by atoms with Crippen LogP contribution in [-0.4, -0.2) is 6.04 Å². The van der Waals surface area contributed by atoms with Crippen LogP contribution in [0, 0.1) is 17.8 Å². The first kappa shape index (κ1) is 10.8. The fourth-order valence-electron chi connectivity index (χ4n) is 2.74. The maximum atomic E-state index is 6.11. The number of nitrogens with two attached hydrogens (primary N) is 1. The van der Waals surface area contributed by atoms with Crippen LogP contribution >= 0.6 is 0 Å². The molecular weight excluding hydrogens is 158 g/mol. The fraction of sp³-hybridized carbons (Fsp3) is 0.833. The summed E-state index contributed by atoms with van der Waals surface area (Å²) in [4.78, 5) is 0.